The summed E-state index contributed by atoms with van der Waals surface area (Å²) in [6.07, 6.45) is 14.8. The van der Waals surface area contributed by atoms with Crippen LogP contribution in [0.1, 0.15) is 66.2 Å². The lowest BCUT2D eigenvalue weighted by Crippen LogP contribution is -2.08. The second-order valence-corrected chi connectivity index (χ2v) is 5.12. The predicted octanol–water partition coefficient (Wildman–Crippen LogP) is 4.81. The number of esters is 1. The third-order valence-corrected chi connectivity index (χ3v) is 3.50. The van der Waals surface area contributed by atoms with Crippen molar-refractivity contribution in [1.29, 1.82) is 0 Å². The maximum atomic E-state index is 11.7. The van der Waals surface area contributed by atoms with Crippen molar-refractivity contribution in [2.45, 2.75) is 66.2 Å². The quantitative estimate of drug-likeness (QED) is 0.199. The van der Waals surface area contributed by atoms with Crippen LogP contribution in [-0.2, 0) is 9.53 Å². The Kier molecular flexibility index (Phi) is 10.5. The number of rotatable bonds is 9. The Morgan fingerprint density at radius 2 is 1.75 bits per heavy atom. The van der Waals surface area contributed by atoms with Crippen molar-refractivity contribution in [2.75, 3.05) is 6.61 Å². The fourth-order valence-corrected chi connectivity index (χ4v) is 1.88. The highest BCUT2D eigenvalue weighted by molar-refractivity contribution is 5.89. The van der Waals surface area contributed by atoms with Gasteiger partial charge in [-0.1, -0.05) is 50.2 Å². The zero-order chi connectivity index (χ0) is 15.4. The maximum absolute atomic E-state index is 11.7. The predicted molar refractivity (Wildman–Crippen MR) is 85.3 cm³/mol. The van der Waals surface area contributed by atoms with Crippen LogP contribution in [0.2, 0.25) is 0 Å². The van der Waals surface area contributed by atoms with Gasteiger partial charge in [0, 0.05) is 5.57 Å². The van der Waals surface area contributed by atoms with Crippen molar-refractivity contribution in [1.82, 2.24) is 0 Å². The van der Waals surface area contributed by atoms with E-state index in [4.69, 9.17) is 11.2 Å². The molecule has 0 aromatic heterocycles. The summed E-state index contributed by atoms with van der Waals surface area (Å²) in [7, 11) is 0. The van der Waals surface area contributed by atoms with Crippen LogP contribution in [0.4, 0.5) is 0 Å². The Bertz CT molecular complexity index is 394. The third kappa shape index (κ3) is 7.84. The lowest BCUT2D eigenvalue weighted by Gasteiger charge is -2.08. The molecular weight excluding hydrogens is 248 g/mol. The van der Waals surface area contributed by atoms with E-state index in [9.17, 15) is 4.79 Å². The molecule has 2 nitrogen and oxygen atoms in total. The van der Waals surface area contributed by atoms with Crippen LogP contribution in [0.3, 0.4) is 0 Å². The molecule has 112 valence electrons. The van der Waals surface area contributed by atoms with E-state index in [1.54, 1.807) is 6.92 Å². The summed E-state index contributed by atoms with van der Waals surface area (Å²) in [5, 5.41) is 0. The van der Waals surface area contributed by atoms with E-state index in [0.717, 1.165) is 17.6 Å². The Balaban J connectivity index is 4.32. The van der Waals surface area contributed by atoms with Gasteiger partial charge in [0.1, 0.15) is 0 Å². The molecule has 0 saturated heterocycles. The molecule has 0 bridgehead atoms. The molecule has 0 heterocycles. The summed E-state index contributed by atoms with van der Waals surface area (Å²) in [6, 6.07) is 0. The molecular formula is C18H28O2. The molecule has 0 radical (unpaired) electrons. The first-order valence-corrected chi connectivity index (χ1v) is 7.49. The van der Waals surface area contributed by atoms with E-state index in [1.807, 2.05) is 13.8 Å². The zero-order valence-electron chi connectivity index (χ0n) is 13.4. The molecule has 0 unspecified atom stereocenters. The summed E-state index contributed by atoms with van der Waals surface area (Å²) in [6.45, 7) is 8.03. The zero-order valence-corrected chi connectivity index (χ0v) is 13.4. The molecule has 0 saturated carbocycles. The SMILES string of the molecule is C#CCOC(=O)/C(C)=C(C)/C(C)=C/CCCCCCC. The number of unbranched alkanes of at least 4 members (excludes halogenated alkanes) is 5. The van der Waals surface area contributed by atoms with E-state index < -0.39 is 0 Å². The van der Waals surface area contributed by atoms with E-state index in [0.29, 0.717) is 5.57 Å². The molecule has 20 heavy (non-hydrogen) atoms. The monoisotopic (exact) mass is 276 g/mol. The average Bonchev–Trinajstić information content (AvgIpc) is 2.46. The smallest absolute Gasteiger partial charge is 0.334 e. The van der Waals surface area contributed by atoms with Crippen LogP contribution in [0.25, 0.3) is 0 Å². The van der Waals surface area contributed by atoms with Crippen LogP contribution in [0.15, 0.2) is 22.8 Å². The van der Waals surface area contributed by atoms with Crippen molar-refractivity contribution in [3.63, 3.8) is 0 Å². The molecule has 0 aromatic rings. The van der Waals surface area contributed by atoms with Crippen LogP contribution in [0.5, 0.6) is 0 Å². The summed E-state index contributed by atoms with van der Waals surface area (Å²) in [4.78, 5) is 11.7. The number of carbonyl (C=O) groups excluding carboxylic acids is 1. The van der Waals surface area contributed by atoms with Gasteiger partial charge in [-0.2, -0.15) is 0 Å². The maximum Gasteiger partial charge on any atom is 0.334 e. The van der Waals surface area contributed by atoms with Crippen LogP contribution in [0, 0.1) is 12.3 Å². The van der Waals surface area contributed by atoms with Gasteiger partial charge >= 0.3 is 5.97 Å². The number of allylic oxidation sites excluding steroid dienone is 3. The number of carbonyl (C=O) groups is 1. The van der Waals surface area contributed by atoms with Gasteiger partial charge in [-0.05, 0) is 39.2 Å². The molecule has 0 spiro atoms. The number of ether oxygens (including phenoxy) is 1. The fourth-order valence-electron chi connectivity index (χ4n) is 1.88. The van der Waals surface area contributed by atoms with Gasteiger partial charge in [0.05, 0.1) is 0 Å². The minimum absolute atomic E-state index is 0.0314. The minimum atomic E-state index is -0.323. The molecule has 0 rings (SSSR count). The Morgan fingerprint density at radius 1 is 1.10 bits per heavy atom. The lowest BCUT2D eigenvalue weighted by molar-refractivity contribution is -0.137. The van der Waals surface area contributed by atoms with Crippen LogP contribution >= 0.6 is 0 Å². The molecule has 0 aliphatic rings. The summed E-state index contributed by atoms with van der Waals surface area (Å²) < 4.78 is 4.93. The molecule has 0 aliphatic heterocycles. The molecule has 0 fully saturated rings. The van der Waals surface area contributed by atoms with Crippen molar-refractivity contribution < 1.29 is 9.53 Å². The topological polar surface area (TPSA) is 26.3 Å². The van der Waals surface area contributed by atoms with Crippen molar-refractivity contribution >= 4 is 5.97 Å². The van der Waals surface area contributed by atoms with Gasteiger partial charge in [0.15, 0.2) is 6.61 Å². The van der Waals surface area contributed by atoms with E-state index >= 15 is 0 Å². The van der Waals surface area contributed by atoms with E-state index in [1.165, 1.54) is 32.1 Å². The standard InChI is InChI=1S/C18H28O2/c1-6-8-9-10-11-12-13-15(3)16(4)17(5)18(19)20-14-7-2/h2,13H,6,8-12,14H2,1,3-5H3/b15-13+,17-16+. The second kappa shape index (κ2) is 11.3. The molecule has 0 atom stereocenters. The van der Waals surface area contributed by atoms with E-state index in [2.05, 4.69) is 18.9 Å². The Hall–Kier alpha value is -1.49. The van der Waals surface area contributed by atoms with Crippen LogP contribution < -0.4 is 0 Å². The van der Waals surface area contributed by atoms with Crippen molar-refractivity contribution in [3.8, 4) is 12.3 Å². The summed E-state index contributed by atoms with van der Waals surface area (Å²) >= 11 is 0. The molecule has 0 amide bonds. The first-order chi connectivity index (χ1) is 9.54. The largest absolute Gasteiger partial charge is 0.449 e. The molecule has 0 aliphatic carbocycles. The summed E-state index contributed by atoms with van der Waals surface area (Å²) in [5.41, 5.74) is 2.77. The Labute approximate surface area is 124 Å². The second-order valence-electron chi connectivity index (χ2n) is 5.12. The van der Waals surface area contributed by atoms with Gasteiger partial charge in [-0.15, -0.1) is 6.42 Å². The molecule has 0 N–H and O–H groups in total. The van der Waals surface area contributed by atoms with Gasteiger partial charge in [-0.25, -0.2) is 4.79 Å². The number of terminal acetylenes is 1. The third-order valence-electron chi connectivity index (χ3n) is 3.50. The Morgan fingerprint density at radius 3 is 2.35 bits per heavy atom. The van der Waals surface area contributed by atoms with Gasteiger partial charge in [0.25, 0.3) is 0 Å². The first kappa shape index (κ1) is 18.5. The van der Waals surface area contributed by atoms with Gasteiger partial charge in [-0.3, -0.25) is 0 Å². The van der Waals surface area contributed by atoms with Gasteiger partial charge in [0.2, 0.25) is 0 Å². The fraction of sp³-hybridized carbons (Fsp3) is 0.611. The summed E-state index contributed by atoms with van der Waals surface area (Å²) in [5.74, 6) is 1.98. The number of hydrogen-bond acceptors (Lipinski definition) is 2. The molecule has 2 heteroatoms. The average molecular weight is 276 g/mol. The highest BCUT2D eigenvalue weighted by Gasteiger charge is 2.09. The normalized spacial score (nSPS) is 12.7. The van der Waals surface area contributed by atoms with Crippen LogP contribution in [-0.4, -0.2) is 12.6 Å². The van der Waals surface area contributed by atoms with Crippen molar-refractivity contribution in [2.24, 2.45) is 0 Å². The highest BCUT2D eigenvalue weighted by Crippen LogP contribution is 2.17. The number of hydrogen-bond donors (Lipinski definition) is 0. The van der Waals surface area contributed by atoms with E-state index in [-0.39, 0.29) is 12.6 Å². The van der Waals surface area contributed by atoms with Gasteiger partial charge < -0.3 is 4.74 Å². The first-order valence-electron chi connectivity index (χ1n) is 7.49. The lowest BCUT2D eigenvalue weighted by atomic mass is 10.0. The van der Waals surface area contributed by atoms with Crippen molar-refractivity contribution in [3.05, 3.63) is 22.8 Å². The minimum Gasteiger partial charge on any atom is -0.449 e. The highest BCUT2D eigenvalue weighted by atomic mass is 16.5. The molecule has 0 aromatic carbocycles.